The van der Waals surface area contributed by atoms with Crippen LogP contribution >= 0.6 is 0 Å². The van der Waals surface area contributed by atoms with Crippen molar-refractivity contribution < 1.29 is 31.9 Å². The van der Waals surface area contributed by atoms with Gasteiger partial charge in [-0.3, -0.25) is 9.59 Å². The maximum atomic E-state index is 13.1. The number of anilines is 1. The van der Waals surface area contributed by atoms with E-state index in [1.165, 1.54) is 29.2 Å². The number of hydrogen-bond donors (Lipinski definition) is 1. The van der Waals surface area contributed by atoms with E-state index in [0.717, 1.165) is 24.3 Å². The average Bonchev–Trinajstić information content (AvgIpc) is 2.67. The second-order valence-electron chi connectivity index (χ2n) is 6.20. The van der Waals surface area contributed by atoms with E-state index >= 15 is 0 Å². The topological polar surface area (TPSA) is 58.6 Å². The van der Waals surface area contributed by atoms with Gasteiger partial charge in [0.2, 0.25) is 0 Å². The first-order chi connectivity index (χ1) is 13.2. The molecule has 0 bridgehead atoms. The first-order valence-electron chi connectivity index (χ1n) is 8.37. The molecular formula is C19H16F4N2O3. The van der Waals surface area contributed by atoms with Crippen molar-refractivity contribution in [3.05, 3.63) is 65.5 Å². The Hall–Kier alpha value is -2.94. The summed E-state index contributed by atoms with van der Waals surface area (Å²) in [4.78, 5) is 25.6. The summed E-state index contributed by atoms with van der Waals surface area (Å²) in [7, 11) is 0. The fraction of sp³-hybridized carbons (Fsp3) is 0.263. The summed E-state index contributed by atoms with van der Waals surface area (Å²) in [6.45, 7) is 0.0147. The van der Waals surface area contributed by atoms with Crippen molar-refractivity contribution in [1.29, 1.82) is 0 Å². The van der Waals surface area contributed by atoms with E-state index in [0.29, 0.717) is 5.69 Å². The lowest BCUT2D eigenvalue weighted by Gasteiger charge is -2.32. The van der Waals surface area contributed by atoms with Crippen LogP contribution in [0.1, 0.15) is 15.9 Å². The number of ether oxygens (including phenoxy) is 1. The highest BCUT2D eigenvalue weighted by Crippen LogP contribution is 2.29. The van der Waals surface area contributed by atoms with E-state index in [2.05, 4.69) is 5.32 Å². The van der Waals surface area contributed by atoms with Crippen LogP contribution in [0.5, 0.6) is 0 Å². The molecule has 1 heterocycles. The van der Waals surface area contributed by atoms with Gasteiger partial charge in [-0.1, -0.05) is 0 Å². The van der Waals surface area contributed by atoms with E-state index in [-0.39, 0.29) is 31.2 Å². The van der Waals surface area contributed by atoms with Gasteiger partial charge in [-0.2, -0.15) is 13.2 Å². The zero-order chi connectivity index (χ0) is 20.3. The maximum Gasteiger partial charge on any atom is 0.416 e. The zero-order valence-corrected chi connectivity index (χ0v) is 14.5. The van der Waals surface area contributed by atoms with Gasteiger partial charge in [0.1, 0.15) is 12.4 Å². The zero-order valence-electron chi connectivity index (χ0n) is 14.5. The van der Waals surface area contributed by atoms with E-state index in [9.17, 15) is 27.2 Å². The van der Waals surface area contributed by atoms with Crippen molar-refractivity contribution in [2.45, 2.75) is 12.3 Å². The Morgan fingerprint density at radius 2 is 1.75 bits per heavy atom. The van der Waals surface area contributed by atoms with Crippen LogP contribution in [0.3, 0.4) is 0 Å². The minimum Gasteiger partial charge on any atom is -0.365 e. The Kier molecular flexibility index (Phi) is 5.64. The summed E-state index contributed by atoms with van der Waals surface area (Å²) in [5.41, 5.74) is -0.253. The quantitative estimate of drug-likeness (QED) is 0.809. The molecule has 1 saturated heterocycles. The largest absolute Gasteiger partial charge is 0.416 e. The lowest BCUT2D eigenvalue weighted by molar-refractivity contribution is -0.137. The molecule has 5 nitrogen and oxygen atoms in total. The van der Waals surface area contributed by atoms with Crippen molar-refractivity contribution >= 4 is 17.5 Å². The van der Waals surface area contributed by atoms with Crippen LogP contribution in [0, 0.1) is 5.82 Å². The van der Waals surface area contributed by atoms with Gasteiger partial charge in [0, 0.05) is 17.8 Å². The van der Waals surface area contributed by atoms with Crippen molar-refractivity contribution in [3.8, 4) is 0 Å². The monoisotopic (exact) mass is 396 g/mol. The van der Waals surface area contributed by atoms with Crippen LogP contribution in [-0.4, -0.2) is 37.6 Å². The number of carbonyl (C=O) groups is 2. The first kappa shape index (κ1) is 19.8. The summed E-state index contributed by atoms with van der Waals surface area (Å²) in [5, 5.41) is 2.58. The maximum absolute atomic E-state index is 13.1. The summed E-state index contributed by atoms with van der Waals surface area (Å²) in [5.74, 6) is -1.27. The Balaban J connectivity index is 1.58. The van der Waals surface area contributed by atoms with Crippen LogP contribution in [0.15, 0.2) is 48.5 Å². The fourth-order valence-corrected chi connectivity index (χ4v) is 2.74. The molecule has 1 N–H and O–H groups in total. The van der Waals surface area contributed by atoms with Gasteiger partial charge in [-0.25, -0.2) is 4.39 Å². The van der Waals surface area contributed by atoms with Gasteiger partial charge >= 0.3 is 6.18 Å². The number of benzene rings is 2. The predicted molar refractivity (Wildman–Crippen MR) is 92.3 cm³/mol. The van der Waals surface area contributed by atoms with Crippen LogP contribution < -0.4 is 10.2 Å². The van der Waals surface area contributed by atoms with Gasteiger partial charge in [-0.15, -0.1) is 0 Å². The SMILES string of the molecule is O=C(NCC1CN(c2ccc(F)cc2)C(=O)CO1)c1ccc(C(F)(F)F)cc1. The molecule has 3 rings (SSSR count). The number of alkyl halides is 3. The third-order valence-corrected chi connectivity index (χ3v) is 4.23. The van der Waals surface area contributed by atoms with E-state index in [4.69, 9.17) is 4.74 Å². The van der Waals surface area contributed by atoms with Crippen molar-refractivity contribution in [2.24, 2.45) is 0 Å². The molecule has 1 aliphatic heterocycles. The van der Waals surface area contributed by atoms with Gasteiger partial charge in [-0.05, 0) is 48.5 Å². The molecule has 1 atom stereocenters. The van der Waals surface area contributed by atoms with Crippen molar-refractivity contribution in [2.75, 3.05) is 24.6 Å². The van der Waals surface area contributed by atoms with Crippen LogP contribution in [0.4, 0.5) is 23.2 Å². The van der Waals surface area contributed by atoms with Gasteiger partial charge < -0.3 is 15.0 Å². The van der Waals surface area contributed by atoms with Crippen molar-refractivity contribution in [1.82, 2.24) is 5.32 Å². The molecule has 1 fully saturated rings. The lowest BCUT2D eigenvalue weighted by Crippen LogP contribution is -2.50. The Morgan fingerprint density at radius 1 is 1.11 bits per heavy atom. The summed E-state index contributed by atoms with van der Waals surface area (Å²) < 4.78 is 56.2. The predicted octanol–water partition coefficient (Wildman–Crippen LogP) is 3.01. The van der Waals surface area contributed by atoms with Crippen molar-refractivity contribution in [3.63, 3.8) is 0 Å². The van der Waals surface area contributed by atoms with Crippen LogP contribution in [0.2, 0.25) is 0 Å². The number of amides is 2. The number of rotatable bonds is 4. The number of nitrogens with one attached hydrogen (secondary N) is 1. The number of morpholine rings is 1. The highest BCUT2D eigenvalue weighted by Gasteiger charge is 2.30. The molecule has 1 unspecified atom stereocenters. The van der Waals surface area contributed by atoms with Gasteiger partial charge in [0.15, 0.2) is 0 Å². The third kappa shape index (κ3) is 4.66. The fourth-order valence-electron chi connectivity index (χ4n) is 2.74. The summed E-state index contributed by atoms with van der Waals surface area (Å²) in [6.07, 6.45) is -4.98. The van der Waals surface area contributed by atoms with Crippen LogP contribution in [0.25, 0.3) is 0 Å². The van der Waals surface area contributed by atoms with Crippen LogP contribution in [-0.2, 0) is 15.7 Å². The summed E-state index contributed by atoms with van der Waals surface area (Å²) in [6, 6.07) is 9.26. The number of halogens is 4. The number of nitrogens with zero attached hydrogens (tertiary/aromatic N) is 1. The molecule has 9 heteroatoms. The second kappa shape index (κ2) is 7.97. The van der Waals surface area contributed by atoms with E-state index < -0.39 is 29.6 Å². The third-order valence-electron chi connectivity index (χ3n) is 4.23. The molecule has 0 aliphatic carbocycles. The second-order valence-corrected chi connectivity index (χ2v) is 6.20. The molecule has 2 aromatic rings. The Labute approximate surface area is 157 Å². The molecule has 28 heavy (non-hydrogen) atoms. The molecule has 0 aromatic heterocycles. The molecule has 2 amide bonds. The Morgan fingerprint density at radius 3 is 2.36 bits per heavy atom. The molecule has 148 valence electrons. The Bertz CT molecular complexity index is 851. The van der Waals surface area contributed by atoms with E-state index in [1.807, 2.05) is 0 Å². The standard InChI is InChI=1S/C19H16F4N2O3/c20-14-5-7-15(8-6-14)25-10-16(28-11-17(25)26)9-24-18(27)12-1-3-13(4-2-12)19(21,22)23/h1-8,16H,9-11H2,(H,24,27). The van der Waals surface area contributed by atoms with Gasteiger partial charge in [0.25, 0.3) is 11.8 Å². The molecular weight excluding hydrogens is 380 g/mol. The highest BCUT2D eigenvalue weighted by atomic mass is 19.4. The average molecular weight is 396 g/mol. The lowest BCUT2D eigenvalue weighted by atomic mass is 10.1. The molecule has 0 radical (unpaired) electrons. The molecule has 0 spiro atoms. The molecule has 0 saturated carbocycles. The normalized spacial score (nSPS) is 17.5. The minimum atomic E-state index is -4.47. The summed E-state index contributed by atoms with van der Waals surface area (Å²) >= 11 is 0. The number of carbonyl (C=O) groups excluding carboxylic acids is 2. The van der Waals surface area contributed by atoms with E-state index in [1.54, 1.807) is 0 Å². The first-order valence-corrected chi connectivity index (χ1v) is 8.37. The molecule has 1 aliphatic rings. The highest BCUT2D eigenvalue weighted by molar-refractivity contribution is 5.95. The smallest absolute Gasteiger partial charge is 0.365 e. The number of hydrogen-bond acceptors (Lipinski definition) is 3. The van der Waals surface area contributed by atoms with Gasteiger partial charge in [0.05, 0.1) is 18.2 Å². The molecule has 2 aromatic carbocycles. The minimum absolute atomic E-state index is 0.0603.